The zero-order valence-corrected chi connectivity index (χ0v) is 12.4. The van der Waals surface area contributed by atoms with E-state index in [2.05, 4.69) is 18.0 Å². The van der Waals surface area contributed by atoms with Gasteiger partial charge in [0, 0.05) is 18.2 Å². The van der Waals surface area contributed by atoms with Gasteiger partial charge in [0.25, 0.3) is 0 Å². The van der Waals surface area contributed by atoms with Crippen molar-refractivity contribution < 1.29 is 14.6 Å². The molecule has 0 saturated heterocycles. The van der Waals surface area contributed by atoms with Gasteiger partial charge in [0.2, 0.25) is 0 Å². The Labute approximate surface area is 122 Å². The topological polar surface area (TPSA) is 51.6 Å². The van der Waals surface area contributed by atoms with Crippen LogP contribution < -0.4 is 9.47 Å². The maximum Gasteiger partial charge on any atom is 0.130 e. The first kappa shape index (κ1) is 13.4. The normalized spacial score (nSPS) is 16.9. The first-order valence-corrected chi connectivity index (χ1v) is 7.55. The van der Waals surface area contributed by atoms with Crippen LogP contribution in [-0.2, 0) is 13.0 Å². The van der Waals surface area contributed by atoms with Gasteiger partial charge in [-0.05, 0) is 26.0 Å². The van der Waals surface area contributed by atoms with Crippen LogP contribution in [0.15, 0.2) is 18.3 Å². The van der Waals surface area contributed by atoms with Crippen LogP contribution in [0.2, 0.25) is 0 Å². The summed E-state index contributed by atoms with van der Waals surface area (Å²) in [6.07, 6.45) is 2.82. The van der Waals surface area contributed by atoms with Crippen LogP contribution in [0.3, 0.4) is 0 Å². The van der Waals surface area contributed by atoms with Gasteiger partial charge in [-0.25, -0.2) is 4.98 Å². The fraction of sp³-hybridized carbons (Fsp3) is 0.400. The number of aliphatic hydroxyl groups excluding tert-OH is 1. The van der Waals surface area contributed by atoms with E-state index in [1.165, 1.54) is 16.9 Å². The van der Waals surface area contributed by atoms with Crippen molar-refractivity contribution >= 4 is 11.3 Å². The maximum absolute atomic E-state index is 9.17. The van der Waals surface area contributed by atoms with Crippen molar-refractivity contribution in [1.29, 1.82) is 0 Å². The molecule has 1 aromatic heterocycles. The lowest BCUT2D eigenvalue weighted by Gasteiger charge is -2.10. The zero-order chi connectivity index (χ0) is 14.1. The third-order valence-corrected chi connectivity index (χ3v) is 4.25. The number of rotatable bonds is 4. The summed E-state index contributed by atoms with van der Waals surface area (Å²) in [5.41, 5.74) is 2.12. The van der Waals surface area contributed by atoms with E-state index in [9.17, 15) is 5.11 Å². The fourth-order valence-electron chi connectivity index (χ4n) is 2.39. The first-order valence-electron chi connectivity index (χ1n) is 6.73. The summed E-state index contributed by atoms with van der Waals surface area (Å²) in [5, 5.41) is 10.0. The second-order valence-electron chi connectivity index (χ2n) is 4.81. The molecule has 2 aromatic rings. The van der Waals surface area contributed by atoms with Gasteiger partial charge in [-0.15, -0.1) is 11.3 Å². The summed E-state index contributed by atoms with van der Waals surface area (Å²) in [5.74, 6) is 1.75. The summed E-state index contributed by atoms with van der Waals surface area (Å²) in [7, 11) is 0. The fourth-order valence-corrected chi connectivity index (χ4v) is 3.18. The minimum atomic E-state index is 0.0140. The third kappa shape index (κ3) is 2.39. The summed E-state index contributed by atoms with van der Waals surface area (Å²) in [6.45, 7) is 4.66. The quantitative estimate of drug-likeness (QED) is 0.940. The van der Waals surface area contributed by atoms with Crippen LogP contribution in [0.5, 0.6) is 11.5 Å². The van der Waals surface area contributed by atoms with Gasteiger partial charge < -0.3 is 14.6 Å². The van der Waals surface area contributed by atoms with E-state index in [0.717, 1.165) is 33.4 Å². The lowest BCUT2D eigenvalue weighted by atomic mass is 10.1. The van der Waals surface area contributed by atoms with E-state index in [1.807, 2.05) is 13.0 Å². The standard InChI is InChI=1S/C15H17NO3S/c1-3-18-14-5-10-4-9(2)19-13(10)6-12(14)15-16-7-11(8-17)20-15/h5-7,9,17H,3-4,8H2,1-2H3. The molecule has 4 nitrogen and oxygen atoms in total. The largest absolute Gasteiger partial charge is 0.493 e. The Morgan fingerprint density at radius 1 is 1.50 bits per heavy atom. The molecule has 1 aromatic carbocycles. The van der Waals surface area contributed by atoms with Crippen molar-refractivity contribution in [3.63, 3.8) is 0 Å². The molecule has 106 valence electrons. The molecule has 0 bridgehead atoms. The molecule has 2 heterocycles. The summed E-state index contributed by atoms with van der Waals surface area (Å²) >= 11 is 1.48. The van der Waals surface area contributed by atoms with Crippen LogP contribution in [0, 0.1) is 0 Å². The van der Waals surface area contributed by atoms with Crippen LogP contribution in [0.25, 0.3) is 10.6 Å². The van der Waals surface area contributed by atoms with Gasteiger partial charge in [0.05, 0.1) is 23.7 Å². The van der Waals surface area contributed by atoms with E-state index in [1.54, 1.807) is 6.20 Å². The van der Waals surface area contributed by atoms with Crippen molar-refractivity contribution in [2.24, 2.45) is 0 Å². The van der Waals surface area contributed by atoms with E-state index >= 15 is 0 Å². The second-order valence-corrected chi connectivity index (χ2v) is 5.93. The van der Waals surface area contributed by atoms with Crippen LogP contribution in [-0.4, -0.2) is 22.8 Å². The minimum absolute atomic E-state index is 0.0140. The Morgan fingerprint density at radius 2 is 2.35 bits per heavy atom. The summed E-state index contributed by atoms with van der Waals surface area (Å²) < 4.78 is 11.6. The molecule has 1 N–H and O–H groups in total. The highest BCUT2D eigenvalue weighted by atomic mass is 32.1. The molecule has 1 atom stereocenters. The van der Waals surface area contributed by atoms with Crippen LogP contribution in [0.4, 0.5) is 0 Å². The third-order valence-electron chi connectivity index (χ3n) is 3.24. The molecule has 5 heteroatoms. The lowest BCUT2D eigenvalue weighted by molar-refractivity contribution is 0.254. The number of aliphatic hydroxyl groups is 1. The Bertz CT molecular complexity index is 624. The van der Waals surface area contributed by atoms with Gasteiger partial charge in [-0.1, -0.05) is 0 Å². The monoisotopic (exact) mass is 291 g/mol. The van der Waals surface area contributed by atoms with Gasteiger partial charge in [-0.3, -0.25) is 0 Å². The van der Waals surface area contributed by atoms with Gasteiger partial charge >= 0.3 is 0 Å². The predicted molar refractivity (Wildman–Crippen MR) is 78.4 cm³/mol. The SMILES string of the molecule is CCOc1cc2c(cc1-c1ncc(CO)s1)OC(C)C2. The average molecular weight is 291 g/mol. The average Bonchev–Trinajstić information content (AvgIpc) is 3.03. The van der Waals surface area contributed by atoms with E-state index < -0.39 is 0 Å². The number of aromatic nitrogens is 1. The maximum atomic E-state index is 9.17. The molecule has 0 saturated carbocycles. The molecular weight excluding hydrogens is 274 g/mol. The van der Waals surface area contributed by atoms with Crippen molar-refractivity contribution in [2.75, 3.05) is 6.61 Å². The van der Waals surface area contributed by atoms with Gasteiger partial charge in [0.1, 0.15) is 22.6 Å². The molecule has 1 aliphatic heterocycles. The predicted octanol–water partition coefficient (Wildman–Crippen LogP) is 3.02. The molecule has 0 radical (unpaired) electrons. The highest BCUT2D eigenvalue weighted by Crippen LogP contribution is 2.41. The molecular formula is C15H17NO3S. The number of hydrogen-bond acceptors (Lipinski definition) is 5. The highest BCUT2D eigenvalue weighted by Gasteiger charge is 2.23. The smallest absolute Gasteiger partial charge is 0.130 e. The van der Waals surface area contributed by atoms with E-state index in [-0.39, 0.29) is 12.7 Å². The zero-order valence-electron chi connectivity index (χ0n) is 11.5. The summed E-state index contributed by atoms with van der Waals surface area (Å²) in [6, 6.07) is 4.06. The van der Waals surface area contributed by atoms with E-state index in [4.69, 9.17) is 9.47 Å². The Kier molecular flexibility index (Phi) is 3.63. The Hall–Kier alpha value is -1.59. The van der Waals surface area contributed by atoms with E-state index in [0.29, 0.717) is 6.61 Å². The molecule has 20 heavy (non-hydrogen) atoms. The number of thiazole rings is 1. The van der Waals surface area contributed by atoms with Crippen LogP contribution >= 0.6 is 11.3 Å². The Morgan fingerprint density at radius 3 is 3.05 bits per heavy atom. The minimum Gasteiger partial charge on any atom is -0.493 e. The molecule has 1 unspecified atom stereocenters. The van der Waals surface area contributed by atoms with Gasteiger partial charge in [-0.2, -0.15) is 0 Å². The highest BCUT2D eigenvalue weighted by molar-refractivity contribution is 7.15. The molecule has 0 spiro atoms. The van der Waals surface area contributed by atoms with Gasteiger partial charge in [0.15, 0.2) is 0 Å². The van der Waals surface area contributed by atoms with Crippen molar-refractivity contribution in [1.82, 2.24) is 4.98 Å². The first-order chi connectivity index (χ1) is 9.71. The molecule has 0 amide bonds. The number of ether oxygens (including phenoxy) is 2. The molecule has 3 rings (SSSR count). The Balaban J connectivity index is 2.06. The second kappa shape index (κ2) is 5.42. The molecule has 1 aliphatic rings. The van der Waals surface area contributed by atoms with Crippen molar-refractivity contribution in [3.8, 4) is 22.1 Å². The molecule has 0 aliphatic carbocycles. The number of fused-ring (bicyclic) bond motifs is 1. The number of nitrogens with zero attached hydrogens (tertiary/aromatic N) is 1. The van der Waals surface area contributed by atoms with Crippen molar-refractivity contribution in [2.45, 2.75) is 33.0 Å². The number of benzene rings is 1. The summed E-state index contributed by atoms with van der Waals surface area (Å²) in [4.78, 5) is 5.21. The van der Waals surface area contributed by atoms with Crippen molar-refractivity contribution in [3.05, 3.63) is 28.8 Å². The number of hydrogen-bond donors (Lipinski definition) is 1. The molecule has 0 fully saturated rings. The lowest BCUT2D eigenvalue weighted by Crippen LogP contribution is -2.05. The van der Waals surface area contributed by atoms with Crippen LogP contribution in [0.1, 0.15) is 24.3 Å².